The Balaban J connectivity index is 0.00000128. The predicted octanol–water partition coefficient (Wildman–Crippen LogP) is 4.62. The molecule has 0 N–H and O–H groups in total. The first-order valence-corrected chi connectivity index (χ1v) is 7.45. The van der Waals surface area contributed by atoms with Gasteiger partial charge in [-0.05, 0) is 0 Å². The van der Waals surface area contributed by atoms with Crippen LogP contribution in [-0.2, 0) is 19.2 Å². The first-order chi connectivity index (χ1) is 7.35. The van der Waals surface area contributed by atoms with Crippen molar-refractivity contribution in [3.63, 3.8) is 0 Å². The quantitative estimate of drug-likeness (QED) is 0.656. The third-order valence-electron chi connectivity index (χ3n) is 3.12. The van der Waals surface area contributed by atoms with E-state index in [0.29, 0.717) is 0 Å². The Morgan fingerprint density at radius 1 is 0.882 bits per heavy atom. The Hall–Kier alpha value is -0.466. The fraction of sp³-hybridized carbons (Fsp3) is 0.429. The summed E-state index contributed by atoms with van der Waals surface area (Å²) in [5.41, 5.74) is 3.26. The molecular formula is C14H20F2Ti. The summed E-state index contributed by atoms with van der Waals surface area (Å²) in [5, 5.41) is 0. The van der Waals surface area contributed by atoms with E-state index in [4.69, 9.17) is 0 Å². The van der Waals surface area contributed by atoms with Crippen LogP contribution in [0.3, 0.4) is 0 Å². The van der Waals surface area contributed by atoms with Gasteiger partial charge in [0.15, 0.2) is 0 Å². The van der Waals surface area contributed by atoms with E-state index in [-0.39, 0.29) is 28.6 Å². The Morgan fingerprint density at radius 2 is 1.29 bits per heavy atom. The predicted molar refractivity (Wildman–Crippen MR) is 67.2 cm³/mol. The van der Waals surface area contributed by atoms with E-state index < -0.39 is 0 Å². The number of allylic oxidation sites excluding steroid dienone is 8. The Kier molecular flexibility index (Phi) is 7.57. The van der Waals surface area contributed by atoms with Crippen LogP contribution in [0.2, 0.25) is 0 Å². The zero-order valence-corrected chi connectivity index (χ0v) is 12.0. The maximum Gasteiger partial charge on any atom is -0.269 e. The van der Waals surface area contributed by atoms with Gasteiger partial charge in [0.1, 0.15) is 0 Å². The van der Waals surface area contributed by atoms with E-state index in [0.717, 1.165) is 0 Å². The molecule has 0 spiro atoms. The van der Waals surface area contributed by atoms with Crippen LogP contribution in [-0.4, -0.2) is 0 Å². The Labute approximate surface area is 111 Å². The number of hydrogen-bond donors (Lipinski definition) is 0. The van der Waals surface area contributed by atoms with Gasteiger partial charge in [0.2, 0.25) is 0 Å². The average molecular weight is 274 g/mol. The average Bonchev–Trinajstić information content (AvgIpc) is 2.87. The van der Waals surface area contributed by atoms with Gasteiger partial charge in [-0.1, -0.05) is 0 Å². The summed E-state index contributed by atoms with van der Waals surface area (Å²) in [6, 6.07) is 0. The van der Waals surface area contributed by atoms with Crippen molar-refractivity contribution < 1.29 is 28.6 Å². The summed E-state index contributed by atoms with van der Waals surface area (Å²) < 4.78 is 3.56. The fourth-order valence-electron chi connectivity index (χ4n) is 2.21. The molecule has 0 bridgehead atoms. The zero-order chi connectivity index (χ0) is 10.7. The molecule has 0 aromatic rings. The van der Waals surface area contributed by atoms with Crippen molar-refractivity contribution >= 4 is 0 Å². The fourth-order valence-corrected chi connectivity index (χ4v) is 4.78. The van der Waals surface area contributed by atoms with Gasteiger partial charge >= 0.3 is 102 Å². The summed E-state index contributed by atoms with van der Waals surface area (Å²) in [4.78, 5) is 0. The first-order valence-electron chi connectivity index (χ1n) is 5.89. The van der Waals surface area contributed by atoms with E-state index in [9.17, 15) is 0 Å². The van der Waals surface area contributed by atoms with Crippen LogP contribution in [0.15, 0.2) is 43.2 Å². The summed E-state index contributed by atoms with van der Waals surface area (Å²) in [6.07, 6.45) is 14.3. The molecule has 0 amide bonds. The van der Waals surface area contributed by atoms with E-state index in [1.807, 2.05) is 0 Å². The van der Waals surface area contributed by atoms with Gasteiger partial charge in [0.25, 0.3) is 0 Å². The summed E-state index contributed by atoms with van der Waals surface area (Å²) in [7, 11) is 0. The Morgan fingerprint density at radius 3 is 1.65 bits per heavy atom. The third-order valence-corrected chi connectivity index (χ3v) is 5.70. The minimum atomic E-state index is 0. The van der Waals surface area contributed by atoms with Crippen LogP contribution < -0.4 is 0 Å². The maximum atomic E-state index is 2.34. The minimum absolute atomic E-state index is 0. The van der Waals surface area contributed by atoms with Gasteiger partial charge in [0, 0.05) is 0 Å². The van der Waals surface area contributed by atoms with Gasteiger partial charge in [-0.15, -0.1) is 0 Å². The second-order valence-corrected chi connectivity index (χ2v) is 6.33. The topological polar surface area (TPSA) is 0 Å². The molecule has 94 valence electrons. The number of rotatable bonds is 4. The van der Waals surface area contributed by atoms with Crippen molar-refractivity contribution in [3.05, 3.63) is 43.2 Å². The van der Waals surface area contributed by atoms with Crippen LogP contribution in [0, 0.1) is 0 Å². The molecule has 0 nitrogen and oxygen atoms in total. The Bertz CT molecular complexity index is 340. The van der Waals surface area contributed by atoms with Crippen molar-refractivity contribution in [1.82, 2.24) is 0 Å². The van der Waals surface area contributed by atoms with E-state index in [1.54, 1.807) is 18.9 Å². The number of halogens is 2. The van der Waals surface area contributed by atoms with Crippen LogP contribution in [0.1, 0.15) is 39.5 Å². The van der Waals surface area contributed by atoms with Gasteiger partial charge in [0.05, 0.1) is 0 Å². The standard InChI is InChI=1S/2C7H9.2FH.Ti/c2*1-2-7-5-3-4-6-7;;;/h2*3,5H,2,4H2,1H3;2*1H;. The molecule has 2 aliphatic carbocycles. The van der Waals surface area contributed by atoms with Gasteiger partial charge in [-0.3, -0.25) is 9.41 Å². The van der Waals surface area contributed by atoms with Crippen molar-refractivity contribution in [2.75, 3.05) is 0 Å². The third kappa shape index (κ3) is 3.75. The summed E-state index contributed by atoms with van der Waals surface area (Å²) in [5.74, 6) is 0. The van der Waals surface area contributed by atoms with Gasteiger partial charge < -0.3 is 0 Å². The molecule has 0 unspecified atom stereocenters. The van der Waals surface area contributed by atoms with Crippen molar-refractivity contribution in [3.8, 4) is 0 Å². The van der Waals surface area contributed by atoms with Crippen LogP contribution in [0.4, 0.5) is 9.41 Å². The molecular weight excluding hydrogens is 254 g/mol. The van der Waals surface area contributed by atoms with Gasteiger partial charge in [-0.25, -0.2) is 0 Å². The van der Waals surface area contributed by atoms with Crippen LogP contribution >= 0.6 is 0 Å². The molecule has 0 saturated carbocycles. The molecule has 0 atom stereocenters. The molecule has 0 aromatic heterocycles. The summed E-state index contributed by atoms with van der Waals surface area (Å²) >= 11 is 0.0149. The van der Waals surface area contributed by atoms with E-state index >= 15 is 0 Å². The normalized spacial score (nSPS) is 17.3. The molecule has 17 heavy (non-hydrogen) atoms. The monoisotopic (exact) mass is 274 g/mol. The molecule has 0 fully saturated rings. The molecule has 3 heteroatoms. The zero-order valence-electron chi connectivity index (χ0n) is 10.5. The minimum Gasteiger partial charge on any atom is -0.269 e. The molecule has 0 saturated heterocycles. The molecule has 2 aliphatic rings. The van der Waals surface area contributed by atoms with Crippen molar-refractivity contribution in [1.29, 1.82) is 0 Å². The van der Waals surface area contributed by atoms with E-state index in [2.05, 4.69) is 38.2 Å². The van der Waals surface area contributed by atoms with Crippen molar-refractivity contribution in [2.24, 2.45) is 0 Å². The molecule has 0 aliphatic heterocycles. The van der Waals surface area contributed by atoms with E-state index in [1.165, 1.54) is 25.7 Å². The molecule has 2 rings (SSSR count). The second kappa shape index (κ2) is 7.78. The molecule has 0 aromatic carbocycles. The van der Waals surface area contributed by atoms with Crippen LogP contribution in [0.25, 0.3) is 0 Å². The SMILES string of the molecule is CCC1=[C]([Ti][C]2=C(CC)C=CC2)CC=C1.F.F. The van der Waals surface area contributed by atoms with Crippen LogP contribution in [0.5, 0.6) is 0 Å². The molecule has 0 radical (unpaired) electrons. The van der Waals surface area contributed by atoms with Gasteiger partial charge in [-0.2, -0.15) is 0 Å². The second-order valence-electron chi connectivity index (χ2n) is 4.05. The smallest absolute Gasteiger partial charge is 0.269 e. The largest absolute Gasteiger partial charge is 0.269 e. The maximum absolute atomic E-state index is 2.34. The van der Waals surface area contributed by atoms with Crippen molar-refractivity contribution in [2.45, 2.75) is 39.5 Å². The molecule has 0 heterocycles. The first kappa shape index (κ1) is 16.5. The number of hydrogen-bond acceptors (Lipinski definition) is 0. The summed E-state index contributed by atoms with van der Waals surface area (Å²) in [6.45, 7) is 4.55.